The number of fused-ring (bicyclic) bond motifs is 1. The number of pyridine rings is 1. The van der Waals surface area contributed by atoms with Crippen molar-refractivity contribution in [3.63, 3.8) is 0 Å². The summed E-state index contributed by atoms with van der Waals surface area (Å²) in [7, 11) is 0. The van der Waals surface area contributed by atoms with E-state index in [-0.39, 0.29) is 17.3 Å². The van der Waals surface area contributed by atoms with Gasteiger partial charge in [0.25, 0.3) is 0 Å². The highest BCUT2D eigenvalue weighted by molar-refractivity contribution is 9.12. The van der Waals surface area contributed by atoms with Crippen molar-refractivity contribution in [2.24, 2.45) is 0 Å². The van der Waals surface area contributed by atoms with Crippen molar-refractivity contribution in [2.75, 3.05) is 6.54 Å². The predicted molar refractivity (Wildman–Crippen MR) is 77.7 cm³/mol. The first-order valence-electron chi connectivity index (χ1n) is 5.86. The summed E-state index contributed by atoms with van der Waals surface area (Å²) in [6.45, 7) is 2.82. The molecule has 1 fully saturated rings. The molecule has 0 bridgehead atoms. The molecule has 19 heavy (non-hydrogen) atoms. The Kier molecular flexibility index (Phi) is 3.09. The van der Waals surface area contributed by atoms with Crippen LogP contribution in [0.3, 0.4) is 0 Å². The maximum atomic E-state index is 12.5. The number of hydrogen-bond donors (Lipinski definition) is 0. The molecule has 1 aromatic heterocycles. The van der Waals surface area contributed by atoms with Crippen molar-refractivity contribution in [3.8, 4) is 0 Å². The Hall–Kier alpha value is -1.01. The lowest BCUT2D eigenvalue weighted by molar-refractivity contribution is 0.0962. The molecular weight excluding hydrogens is 376 g/mol. The minimum Gasteiger partial charge on any atom is -0.361 e. The molecule has 3 rings (SSSR count). The third kappa shape index (κ3) is 1.97. The fourth-order valence-corrected chi connectivity index (χ4v) is 3.11. The van der Waals surface area contributed by atoms with Gasteiger partial charge < -0.3 is 4.90 Å². The standard InChI is InChI=1S/C13H10Br2N2O2/c1-6-5-17(6)11-9(15)12(18)8-3-2-7(4-14)16-10(8)13(11)19/h2-3,6H,4-5H2,1H3. The lowest BCUT2D eigenvalue weighted by Crippen LogP contribution is -2.26. The van der Waals surface area contributed by atoms with Crippen molar-refractivity contribution in [1.29, 1.82) is 0 Å². The molecule has 1 atom stereocenters. The summed E-state index contributed by atoms with van der Waals surface area (Å²) in [5.74, 6) is -0.342. The van der Waals surface area contributed by atoms with Crippen LogP contribution in [-0.2, 0) is 5.33 Å². The zero-order valence-corrected chi connectivity index (χ0v) is 13.3. The molecule has 1 aliphatic heterocycles. The molecule has 0 saturated carbocycles. The fraction of sp³-hybridized carbons (Fsp3) is 0.308. The molecule has 0 radical (unpaired) electrons. The highest BCUT2D eigenvalue weighted by Crippen LogP contribution is 2.36. The van der Waals surface area contributed by atoms with Gasteiger partial charge in [-0.25, -0.2) is 4.98 Å². The number of nitrogens with zero attached hydrogens (tertiary/aromatic N) is 2. The predicted octanol–water partition coefficient (Wildman–Crippen LogP) is 2.67. The van der Waals surface area contributed by atoms with Crippen LogP contribution >= 0.6 is 31.9 Å². The molecule has 0 spiro atoms. The molecule has 6 heteroatoms. The third-order valence-electron chi connectivity index (χ3n) is 3.32. The number of halogens is 2. The van der Waals surface area contributed by atoms with E-state index in [2.05, 4.69) is 36.8 Å². The first-order chi connectivity index (χ1) is 9.04. The van der Waals surface area contributed by atoms with E-state index in [0.717, 1.165) is 12.2 Å². The van der Waals surface area contributed by atoms with Gasteiger partial charge in [0.2, 0.25) is 11.6 Å². The van der Waals surface area contributed by atoms with E-state index < -0.39 is 0 Å². The van der Waals surface area contributed by atoms with E-state index in [1.54, 1.807) is 12.1 Å². The average molecular weight is 386 g/mol. The highest BCUT2D eigenvalue weighted by atomic mass is 79.9. The van der Waals surface area contributed by atoms with Gasteiger partial charge in [0.05, 0.1) is 15.7 Å². The Morgan fingerprint density at radius 2 is 2.05 bits per heavy atom. The number of carbonyl (C=O) groups excluding carboxylic acids is 2. The zero-order chi connectivity index (χ0) is 13.7. The molecule has 0 N–H and O–H groups in total. The third-order valence-corrected chi connectivity index (χ3v) is 4.63. The number of alkyl halides is 1. The van der Waals surface area contributed by atoms with Gasteiger partial charge in [-0.3, -0.25) is 9.59 Å². The van der Waals surface area contributed by atoms with Gasteiger partial charge in [-0.15, -0.1) is 0 Å². The number of allylic oxidation sites excluding steroid dienone is 2. The van der Waals surface area contributed by atoms with Crippen LogP contribution in [0, 0.1) is 0 Å². The minimum absolute atomic E-state index is 0.169. The lowest BCUT2D eigenvalue weighted by Gasteiger charge is -2.19. The summed E-state index contributed by atoms with van der Waals surface area (Å²) in [5, 5.41) is 0.558. The summed E-state index contributed by atoms with van der Waals surface area (Å²) >= 11 is 6.57. The van der Waals surface area contributed by atoms with Crippen molar-refractivity contribution in [1.82, 2.24) is 9.88 Å². The van der Waals surface area contributed by atoms with Gasteiger partial charge in [-0.05, 0) is 35.0 Å². The first kappa shape index (κ1) is 13.0. The molecule has 1 aromatic rings. The van der Waals surface area contributed by atoms with Crippen LogP contribution in [0.4, 0.5) is 0 Å². The number of carbonyl (C=O) groups is 2. The van der Waals surface area contributed by atoms with Crippen molar-refractivity contribution >= 4 is 43.4 Å². The van der Waals surface area contributed by atoms with Gasteiger partial charge in [0, 0.05) is 17.9 Å². The minimum atomic E-state index is -0.173. The second-order valence-electron chi connectivity index (χ2n) is 4.65. The van der Waals surface area contributed by atoms with E-state index in [9.17, 15) is 9.59 Å². The van der Waals surface area contributed by atoms with Crippen LogP contribution in [0.5, 0.6) is 0 Å². The van der Waals surface area contributed by atoms with Gasteiger partial charge in [-0.1, -0.05) is 15.9 Å². The lowest BCUT2D eigenvalue weighted by atomic mass is 9.97. The number of Topliss-reactive ketones (excluding diaryl/α,β-unsaturated/α-hetero) is 2. The quantitative estimate of drug-likeness (QED) is 0.580. The van der Waals surface area contributed by atoms with Crippen molar-refractivity contribution in [3.05, 3.63) is 39.3 Å². The van der Waals surface area contributed by atoms with Crippen LogP contribution in [-0.4, -0.2) is 34.0 Å². The van der Waals surface area contributed by atoms with Crippen molar-refractivity contribution in [2.45, 2.75) is 18.3 Å². The topological polar surface area (TPSA) is 50.0 Å². The Morgan fingerprint density at radius 1 is 1.37 bits per heavy atom. The normalized spacial score (nSPS) is 21.8. The maximum absolute atomic E-state index is 12.5. The zero-order valence-electron chi connectivity index (χ0n) is 10.1. The number of ketones is 2. The summed E-state index contributed by atoms with van der Waals surface area (Å²) in [5.41, 5.74) is 1.83. The van der Waals surface area contributed by atoms with Gasteiger partial charge in [0.1, 0.15) is 11.4 Å². The van der Waals surface area contributed by atoms with Crippen LogP contribution in [0.15, 0.2) is 22.3 Å². The molecule has 2 aliphatic rings. The Labute approximate surface area is 127 Å². The highest BCUT2D eigenvalue weighted by Gasteiger charge is 2.42. The molecular formula is C13H10Br2N2O2. The summed E-state index contributed by atoms with van der Waals surface area (Å²) in [6, 6.07) is 3.73. The maximum Gasteiger partial charge on any atom is 0.229 e. The van der Waals surface area contributed by atoms with Crippen LogP contribution in [0.2, 0.25) is 0 Å². The number of rotatable bonds is 2. The number of aromatic nitrogens is 1. The van der Waals surface area contributed by atoms with E-state index in [0.29, 0.717) is 27.1 Å². The molecule has 1 aliphatic carbocycles. The summed E-state index contributed by atoms with van der Waals surface area (Å²) in [4.78, 5) is 31.0. The molecule has 0 amide bonds. The molecule has 1 saturated heterocycles. The summed E-state index contributed by atoms with van der Waals surface area (Å²) in [6.07, 6.45) is 0. The molecule has 98 valence electrons. The SMILES string of the molecule is CC1CN1C1=C(Br)C(=O)c2ccc(CBr)nc2C1=O. The first-order valence-corrected chi connectivity index (χ1v) is 7.77. The largest absolute Gasteiger partial charge is 0.361 e. The second kappa shape index (κ2) is 4.52. The smallest absolute Gasteiger partial charge is 0.229 e. The van der Waals surface area contributed by atoms with Crippen LogP contribution in [0.1, 0.15) is 33.5 Å². The van der Waals surface area contributed by atoms with E-state index >= 15 is 0 Å². The van der Waals surface area contributed by atoms with E-state index in [4.69, 9.17) is 0 Å². The Bertz CT molecular complexity index is 640. The Morgan fingerprint density at radius 3 is 2.63 bits per heavy atom. The average Bonchev–Trinajstić information content (AvgIpc) is 3.12. The Balaban J connectivity index is 2.14. The van der Waals surface area contributed by atoms with Gasteiger partial charge >= 0.3 is 0 Å². The van der Waals surface area contributed by atoms with E-state index in [1.807, 2.05) is 11.8 Å². The number of hydrogen-bond acceptors (Lipinski definition) is 4. The van der Waals surface area contributed by atoms with Gasteiger partial charge in [-0.2, -0.15) is 0 Å². The van der Waals surface area contributed by atoms with Crippen LogP contribution in [0.25, 0.3) is 0 Å². The van der Waals surface area contributed by atoms with Crippen LogP contribution < -0.4 is 0 Å². The molecule has 2 heterocycles. The fourth-order valence-electron chi connectivity index (χ4n) is 2.17. The second-order valence-corrected chi connectivity index (χ2v) is 6.01. The monoisotopic (exact) mass is 384 g/mol. The van der Waals surface area contributed by atoms with Gasteiger partial charge in [0.15, 0.2) is 0 Å². The molecule has 1 unspecified atom stereocenters. The molecule has 4 nitrogen and oxygen atoms in total. The molecule has 0 aromatic carbocycles. The van der Waals surface area contributed by atoms with Crippen molar-refractivity contribution < 1.29 is 9.59 Å². The van der Waals surface area contributed by atoms with E-state index in [1.165, 1.54) is 0 Å². The summed E-state index contributed by atoms with van der Waals surface area (Å²) < 4.78 is 0.350.